The van der Waals surface area contributed by atoms with Gasteiger partial charge in [-0.05, 0) is 55.9 Å². The third-order valence-electron chi connectivity index (χ3n) is 5.82. The minimum Gasteiger partial charge on any atom is -0.489 e. The summed E-state index contributed by atoms with van der Waals surface area (Å²) < 4.78 is 7.74. The number of aromatic nitrogens is 3. The Hall–Kier alpha value is -3.44. The molecule has 8 nitrogen and oxygen atoms in total. The number of nitriles is 1. The molecule has 0 radical (unpaired) electrons. The Kier molecular flexibility index (Phi) is 4.40. The predicted octanol–water partition coefficient (Wildman–Crippen LogP) is 2.88. The number of nitrogens with two attached hydrogens (primary N) is 1. The summed E-state index contributed by atoms with van der Waals surface area (Å²) >= 11 is 0. The van der Waals surface area contributed by atoms with Crippen molar-refractivity contribution in [3.8, 4) is 22.9 Å². The van der Waals surface area contributed by atoms with Gasteiger partial charge in [-0.15, -0.1) is 0 Å². The molecule has 8 heteroatoms. The SMILES string of the molecule is N#Cc1cc(-c2ccn3nc(NC(=O)C4CC4)cc3c2)c(OCC2(N)CCC2)cn1. The zero-order chi connectivity index (χ0) is 20.7. The van der Waals surface area contributed by atoms with Crippen molar-refractivity contribution in [2.75, 3.05) is 11.9 Å². The summed E-state index contributed by atoms with van der Waals surface area (Å²) in [5.41, 5.74) is 8.80. The van der Waals surface area contributed by atoms with E-state index in [1.54, 1.807) is 16.8 Å². The summed E-state index contributed by atoms with van der Waals surface area (Å²) in [6, 6.07) is 9.48. The van der Waals surface area contributed by atoms with Gasteiger partial charge in [0.05, 0.1) is 17.3 Å². The summed E-state index contributed by atoms with van der Waals surface area (Å²) in [5.74, 6) is 1.27. The number of amides is 1. The van der Waals surface area contributed by atoms with E-state index in [1.165, 1.54) is 0 Å². The Morgan fingerprint density at radius 2 is 2.20 bits per heavy atom. The Balaban J connectivity index is 1.45. The zero-order valence-corrected chi connectivity index (χ0v) is 16.5. The first-order valence-electron chi connectivity index (χ1n) is 10.2. The van der Waals surface area contributed by atoms with Gasteiger partial charge < -0.3 is 15.8 Å². The lowest BCUT2D eigenvalue weighted by Crippen LogP contribution is -2.51. The molecule has 0 aromatic carbocycles. The number of hydrogen-bond donors (Lipinski definition) is 2. The molecule has 3 N–H and O–H groups in total. The smallest absolute Gasteiger partial charge is 0.228 e. The lowest BCUT2D eigenvalue weighted by molar-refractivity contribution is -0.117. The molecule has 2 saturated carbocycles. The van der Waals surface area contributed by atoms with Crippen LogP contribution in [0.2, 0.25) is 0 Å². The second-order valence-corrected chi connectivity index (χ2v) is 8.26. The molecular formula is C22H22N6O2. The van der Waals surface area contributed by atoms with Crippen LogP contribution in [0.4, 0.5) is 5.82 Å². The molecular weight excluding hydrogens is 380 g/mol. The van der Waals surface area contributed by atoms with Gasteiger partial charge in [-0.2, -0.15) is 10.4 Å². The largest absolute Gasteiger partial charge is 0.489 e. The number of ether oxygens (including phenoxy) is 1. The highest BCUT2D eigenvalue weighted by Gasteiger charge is 2.33. The van der Waals surface area contributed by atoms with Crippen LogP contribution in [0.5, 0.6) is 5.75 Å². The molecule has 5 rings (SSSR count). The minimum absolute atomic E-state index is 0.0221. The van der Waals surface area contributed by atoms with Crippen LogP contribution in [-0.4, -0.2) is 32.7 Å². The number of rotatable bonds is 6. The highest BCUT2D eigenvalue weighted by atomic mass is 16.5. The Morgan fingerprint density at radius 1 is 1.37 bits per heavy atom. The van der Waals surface area contributed by atoms with Crippen LogP contribution in [-0.2, 0) is 4.79 Å². The first-order chi connectivity index (χ1) is 14.5. The number of carbonyl (C=O) groups is 1. The maximum Gasteiger partial charge on any atom is 0.228 e. The molecule has 0 spiro atoms. The monoisotopic (exact) mass is 402 g/mol. The fraction of sp³-hybridized carbons (Fsp3) is 0.364. The van der Waals surface area contributed by atoms with Gasteiger partial charge in [0.25, 0.3) is 0 Å². The van der Waals surface area contributed by atoms with Crippen molar-refractivity contribution in [2.24, 2.45) is 11.7 Å². The minimum atomic E-state index is -0.282. The van der Waals surface area contributed by atoms with Crippen molar-refractivity contribution in [2.45, 2.75) is 37.6 Å². The number of anilines is 1. The summed E-state index contributed by atoms with van der Waals surface area (Å²) in [5, 5.41) is 16.6. The third kappa shape index (κ3) is 3.60. The number of nitrogens with zero attached hydrogens (tertiary/aromatic N) is 4. The average Bonchev–Trinajstić information content (AvgIpc) is 3.51. The van der Waals surface area contributed by atoms with Gasteiger partial charge in [0.1, 0.15) is 24.1 Å². The highest BCUT2D eigenvalue weighted by molar-refractivity contribution is 5.93. The van der Waals surface area contributed by atoms with Gasteiger partial charge in [-0.25, -0.2) is 9.50 Å². The van der Waals surface area contributed by atoms with Crippen molar-refractivity contribution in [1.29, 1.82) is 5.26 Å². The fourth-order valence-corrected chi connectivity index (χ4v) is 3.64. The Labute approximate surface area is 173 Å². The number of nitrogens with one attached hydrogen (secondary N) is 1. The lowest BCUT2D eigenvalue weighted by atomic mass is 9.78. The highest BCUT2D eigenvalue weighted by Crippen LogP contribution is 2.35. The summed E-state index contributed by atoms with van der Waals surface area (Å²) in [4.78, 5) is 16.2. The van der Waals surface area contributed by atoms with Gasteiger partial charge in [-0.1, -0.05) is 0 Å². The first kappa shape index (κ1) is 18.6. The van der Waals surface area contributed by atoms with E-state index in [-0.39, 0.29) is 17.4 Å². The van der Waals surface area contributed by atoms with E-state index in [2.05, 4.69) is 21.5 Å². The molecule has 0 saturated heterocycles. The number of hydrogen-bond acceptors (Lipinski definition) is 6. The first-order valence-corrected chi connectivity index (χ1v) is 10.2. The summed E-state index contributed by atoms with van der Waals surface area (Å²) in [6.07, 6.45) is 8.31. The second kappa shape index (κ2) is 7.11. The van der Waals surface area contributed by atoms with Crippen LogP contribution in [0.25, 0.3) is 16.6 Å². The molecule has 152 valence electrons. The van der Waals surface area contributed by atoms with E-state index in [0.29, 0.717) is 23.9 Å². The Morgan fingerprint density at radius 3 is 2.90 bits per heavy atom. The number of carbonyl (C=O) groups excluding carboxylic acids is 1. The normalized spacial score (nSPS) is 17.2. The molecule has 3 aromatic heterocycles. The maximum absolute atomic E-state index is 12.0. The molecule has 30 heavy (non-hydrogen) atoms. The molecule has 0 atom stereocenters. The molecule has 2 aliphatic rings. The van der Waals surface area contributed by atoms with E-state index in [4.69, 9.17) is 10.5 Å². The molecule has 0 aliphatic heterocycles. The van der Waals surface area contributed by atoms with Gasteiger partial charge in [0.2, 0.25) is 5.91 Å². The predicted molar refractivity (Wildman–Crippen MR) is 111 cm³/mol. The number of pyridine rings is 2. The van der Waals surface area contributed by atoms with E-state index in [1.807, 2.05) is 24.4 Å². The van der Waals surface area contributed by atoms with Crippen LogP contribution in [0.15, 0.2) is 36.7 Å². The average molecular weight is 402 g/mol. The van der Waals surface area contributed by atoms with Crippen molar-refractivity contribution in [1.82, 2.24) is 14.6 Å². The van der Waals surface area contributed by atoms with E-state index in [9.17, 15) is 10.1 Å². The van der Waals surface area contributed by atoms with Crippen molar-refractivity contribution in [3.05, 3.63) is 42.4 Å². The molecule has 3 heterocycles. The number of fused-ring (bicyclic) bond motifs is 1. The third-order valence-corrected chi connectivity index (χ3v) is 5.82. The quantitative estimate of drug-likeness (QED) is 0.654. The van der Waals surface area contributed by atoms with E-state index in [0.717, 1.165) is 48.7 Å². The topological polar surface area (TPSA) is 118 Å². The van der Waals surface area contributed by atoms with Gasteiger partial charge in [-0.3, -0.25) is 4.79 Å². The summed E-state index contributed by atoms with van der Waals surface area (Å²) in [7, 11) is 0. The second-order valence-electron chi connectivity index (χ2n) is 8.26. The van der Waals surface area contributed by atoms with Gasteiger partial charge in [0, 0.05) is 23.7 Å². The van der Waals surface area contributed by atoms with Crippen LogP contribution in [0.3, 0.4) is 0 Å². The molecule has 2 aliphatic carbocycles. The Bertz CT molecular complexity index is 1170. The maximum atomic E-state index is 12.0. The molecule has 1 amide bonds. The molecule has 3 aromatic rings. The zero-order valence-electron chi connectivity index (χ0n) is 16.5. The summed E-state index contributed by atoms with van der Waals surface area (Å²) in [6.45, 7) is 0.417. The molecule has 0 unspecified atom stereocenters. The van der Waals surface area contributed by atoms with Crippen molar-refractivity contribution in [3.63, 3.8) is 0 Å². The van der Waals surface area contributed by atoms with E-state index < -0.39 is 0 Å². The van der Waals surface area contributed by atoms with Gasteiger partial charge >= 0.3 is 0 Å². The van der Waals surface area contributed by atoms with Crippen molar-refractivity contribution < 1.29 is 9.53 Å². The van der Waals surface area contributed by atoms with Gasteiger partial charge in [0.15, 0.2) is 5.82 Å². The molecule has 2 fully saturated rings. The molecule has 0 bridgehead atoms. The fourth-order valence-electron chi connectivity index (χ4n) is 3.64. The lowest BCUT2D eigenvalue weighted by Gasteiger charge is -2.37. The van der Waals surface area contributed by atoms with Crippen LogP contribution in [0, 0.1) is 17.2 Å². The van der Waals surface area contributed by atoms with Crippen LogP contribution < -0.4 is 15.8 Å². The van der Waals surface area contributed by atoms with Crippen LogP contribution in [0.1, 0.15) is 37.8 Å². The standard InChI is InChI=1S/C22H22N6O2/c23-11-16-9-18(19(12-25-16)30-13-22(24)5-1-6-22)15-4-7-28-17(8-15)10-20(27-28)26-21(29)14-2-3-14/h4,7-10,12,14H,1-3,5-6,13,24H2,(H,26,27,29). The van der Waals surface area contributed by atoms with Crippen molar-refractivity contribution >= 4 is 17.2 Å². The van der Waals surface area contributed by atoms with E-state index >= 15 is 0 Å². The van der Waals surface area contributed by atoms with Crippen LogP contribution >= 0.6 is 0 Å².